The molecule has 0 aliphatic carbocycles. The molecule has 1 unspecified atom stereocenters. The van der Waals surface area contributed by atoms with E-state index >= 15 is 0 Å². The topological polar surface area (TPSA) is 79.2 Å². The van der Waals surface area contributed by atoms with E-state index in [9.17, 15) is 8.42 Å². The molecule has 1 aliphatic heterocycles. The first kappa shape index (κ1) is 9.70. The van der Waals surface area contributed by atoms with Crippen molar-refractivity contribution >= 4 is 10.2 Å². The average Bonchev–Trinajstić information content (AvgIpc) is 2.73. The van der Waals surface area contributed by atoms with Gasteiger partial charge >= 0.3 is 0 Å². The van der Waals surface area contributed by atoms with E-state index in [2.05, 4.69) is 4.98 Å². The van der Waals surface area contributed by atoms with Crippen LogP contribution in [0.25, 0.3) is 0 Å². The van der Waals surface area contributed by atoms with Crippen molar-refractivity contribution in [1.29, 1.82) is 0 Å². The molecule has 0 saturated carbocycles. The zero-order valence-corrected chi connectivity index (χ0v) is 8.50. The summed E-state index contributed by atoms with van der Waals surface area (Å²) in [6, 6.07) is 3.63. The molecule has 1 fully saturated rings. The Morgan fingerprint density at radius 1 is 1.57 bits per heavy atom. The summed E-state index contributed by atoms with van der Waals surface area (Å²) in [6.07, 6.45) is 3.48. The second-order valence-corrected chi connectivity index (χ2v) is 4.94. The van der Waals surface area contributed by atoms with Crippen LogP contribution in [0.5, 0.6) is 0 Å². The fourth-order valence-electron chi connectivity index (χ4n) is 1.91. The number of H-pyrrole nitrogens is 1. The van der Waals surface area contributed by atoms with Crippen LogP contribution in [0.3, 0.4) is 0 Å². The first-order valence-electron chi connectivity index (χ1n) is 4.52. The summed E-state index contributed by atoms with van der Waals surface area (Å²) in [5.74, 6) is 0. The highest BCUT2D eigenvalue weighted by atomic mass is 32.2. The third kappa shape index (κ3) is 1.68. The van der Waals surface area contributed by atoms with Gasteiger partial charge in [0.25, 0.3) is 10.2 Å². The van der Waals surface area contributed by atoms with E-state index in [0.717, 1.165) is 18.5 Å². The summed E-state index contributed by atoms with van der Waals surface area (Å²) in [5, 5.41) is 5.12. The molecular weight excluding hydrogens is 202 g/mol. The SMILES string of the molecule is NS(=O)(=O)N1CCCC1c1ccc[nH]1. The van der Waals surface area contributed by atoms with Crippen LogP contribution in [-0.2, 0) is 10.2 Å². The standard InChI is InChI=1S/C8H13N3O2S/c9-14(12,13)11-6-2-4-8(11)7-3-1-5-10-7/h1,3,5,8,10H,2,4,6H2,(H2,9,12,13). The Morgan fingerprint density at radius 2 is 2.36 bits per heavy atom. The Bertz CT molecular complexity index is 398. The molecule has 1 aromatic heterocycles. The summed E-state index contributed by atoms with van der Waals surface area (Å²) < 4.78 is 23.8. The van der Waals surface area contributed by atoms with Crippen molar-refractivity contribution in [1.82, 2.24) is 9.29 Å². The molecule has 1 saturated heterocycles. The van der Waals surface area contributed by atoms with Crippen LogP contribution in [0.4, 0.5) is 0 Å². The average molecular weight is 215 g/mol. The summed E-state index contributed by atoms with van der Waals surface area (Å²) in [4.78, 5) is 3.02. The highest BCUT2D eigenvalue weighted by molar-refractivity contribution is 7.86. The minimum atomic E-state index is -3.56. The lowest BCUT2D eigenvalue weighted by molar-refractivity contribution is 0.392. The third-order valence-corrected chi connectivity index (χ3v) is 3.60. The zero-order valence-electron chi connectivity index (χ0n) is 7.68. The number of hydrogen-bond donors (Lipinski definition) is 2. The van der Waals surface area contributed by atoms with Crippen LogP contribution in [0.15, 0.2) is 18.3 Å². The molecule has 5 nitrogen and oxygen atoms in total. The van der Waals surface area contributed by atoms with Gasteiger partial charge in [0, 0.05) is 18.4 Å². The number of rotatable bonds is 2. The highest BCUT2D eigenvalue weighted by Crippen LogP contribution is 2.31. The normalized spacial score (nSPS) is 24.2. The van der Waals surface area contributed by atoms with Crippen molar-refractivity contribution in [2.24, 2.45) is 5.14 Å². The van der Waals surface area contributed by atoms with E-state index in [0.29, 0.717) is 6.54 Å². The second kappa shape index (κ2) is 3.38. The molecule has 0 spiro atoms. The van der Waals surface area contributed by atoms with Gasteiger partial charge in [0.1, 0.15) is 0 Å². The van der Waals surface area contributed by atoms with Gasteiger partial charge in [0.15, 0.2) is 0 Å². The van der Waals surface area contributed by atoms with Gasteiger partial charge in [-0.3, -0.25) is 0 Å². The number of aromatic nitrogens is 1. The van der Waals surface area contributed by atoms with Gasteiger partial charge in [0.2, 0.25) is 0 Å². The fraction of sp³-hybridized carbons (Fsp3) is 0.500. The lowest BCUT2D eigenvalue weighted by Gasteiger charge is -2.20. The molecule has 1 atom stereocenters. The third-order valence-electron chi connectivity index (χ3n) is 2.51. The summed E-state index contributed by atoms with van der Waals surface area (Å²) in [6.45, 7) is 0.516. The largest absolute Gasteiger partial charge is 0.364 e. The molecule has 1 aliphatic rings. The van der Waals surface area contributed by atoms with Gasteiger partial charge in [-0.1, -0.05) is 0 Å². The smallest absolute Gasteiger partial charge is 0.277 e. The predicted molar refractivity (Wildman–Crippen MR) is 52.6 cm³/mol. The predicted octanol–water partition coefficient (Wildman–Crippen LogP) is 0.355. The van der Waals surface area contributed by atoms with Crippen molar-refractivity contribution in [2.75, 3.05) is 6.54 Å². The highest BCUT2D eigenvalue weighted by Gasteiger charge is 2.33. The van der Waals surface area contributed by atoms with Crippen molar-refractivity contribution in [3.8, 4) is 0 Å². The maximum atomic E-state index is 11.2. The summed E-state index contributed by atoms with van der Waals surface area (Å²) >= 11 is 0. The maximum absolute atomic E-state index is 11.2. The van der Waals surface area contributed by atoms with Gasteiger partial charge in [-0.05, 0) is 25.0 Å². The van der Waals surface area contributed by atoms with E-state index in [-0.39, 0.29) is 6.04 Å². The first-order valence-corrected chi connectivity index (χ1v) is 6.02. The van der Waals surface area contributed by atoms with Crippen LogP contribution >= 0.6 is 0 Å². The molecule has 0 aromatic carbocycles. The zero-order chi connectivity index (χ0) is 10.2. The molecule has 0 radical (unpaired) electrons. The van der Waals surface area contributed by atoms with Crippen molar-refractivity contribution in [2.45, 2.75) is 18.9 Å². The molecule has 2 heterocycles. The second-order valence-electron chi connectivity index (χ2n) is 3.44. The maximum Gasteiger partial charge on any atom is 0.277 e. The molecular formula is C8H13N3O2S. The van der Waals surface area contributed by atoms with Crippen molar-refractivity contribution in [3.05, 3.63) is 24.0 Å². The van der Waals surface area contributed by atoms with E-state index in [1.54, 1.807) is 6.20 Å². The first-order chi connectivity index (χ1) is 6.59. The Kier molecular flexibility index (Phi) is 2.34. The number of nitrogens with zero attached hydrogens (tertiary/aromatic N) is 1. The minimum absolute atomic E-state index is 0.111. The fourth-order valence-corrected chi connectivity index (χ4v) is 2.86. The quantitative estimate of drug-likeness (QED) is 0.746. The molecule has 78 valence electrons. The van der Waals surface area contributed by atoms with E-state index < -0.39 is 10.2 Å². The number of aromatic amines is 1. The summed E-state index contributed by atoms with van der Waals surface area (Å²) in [5.41, 5.74) is 0.913. The Morgan fingerprint density at radius 3 is 2.93 bits per heavy atom. The molecule has 6 heteroatoms. The molecule has 2 rings (SSSR count). The number of nitrogens with one attached hydrogen (secondary N) is 1. The Labute approximate surface area is 83.1 Å². The van der Waals surface area contributed by atoms with Crippen LogP contribution < -0.4 is 5.14 Å². The van der Waals surface area contributed by atoms with E-state index in [1.165, 1.54) is 4.31 Å². The van der Waals surface area contributed by atoms with Crippen LogP contribution in [-0.4, -0.2) is 24.3 Å². The van der Waals surface area contributed by atoms with Gasteiger partial charge in [-0.15, -0.1) is 0 Å². The van der Waals surface area contributed by atoms with Crippen LogP contribution in [0.2, 0.25) is 0 Å². The van der Waals surface area contributed by atoms with Crippen molar-refractivity contribution < 1.29 is 8.42 Å². The Balaban J connectivity index is 2.28. The molecule has 1 aromatic rings. The Hall–Kier alpha value is -0.850. The summed E-state index contributed by atoms with van der Waals surface area (Å²) in [7, 11) is -3.56. The molecule has 3 N–H and O–H groups in total. The molecule has 0 bridgehead atoms. The van der Waals surface area contributed by atoms with Crippen LogP contribution in [0.1, 0.15) is 24.6 Å². The van der Waals surface area contributed by atoms with Gasteiger partial charge in [-0.25, -0.2) is 5.14 Å². The number of nitrogens with two attached hydrogens (primary N) is 1. The monoisotopic (exact) mass is 215 g/mol. The van der Waals surface area contributed by atoms with E-state index in [1.807, 2.05) is 12.1 Å². The lowest BCUT2D eigenvalue weighted by Crippen LogP contribution is -2.36. The van der Waals surface area contributed by atoms with Gasteiger partial charge in [-0.2, -0.15) is 12.7 Å². The van der Waals surface area contributed by atoms with Gasteiger partial charge < -0.3 is 4.98 Å². The van der Waals surface area contributed by atoms with Gasteiger partial charge in [0.05, 0.1) is 6.04 Å². The molecule has 14 heavy (non-hydrogen) atoms. The molecule has 0 amide bonds. The minimum Gasteiger partial charge on any atom is -0.364 e. The lowest BCUT2D eigenvalue weighted by atomic mass is 10.2. The van der Waals surface area contributed by atoms with E-state index in [4.69, 9.17) is 5.14 Å². The van der Waals surface area contributed by atoms with Crippen LogP contribution in [0, 0.1) is 0 Å². The van der Waals surface area contributed by atoms with Crippen molar-refractivity contribution in [3.63, 3.8) is 0 Å². The number of hydrogen-bond acceptors (Lipinski definition) is 2.